The molecule has 0 aliphatic heterocycles. The number of hydrogen-bond donors (Lipinski definition) is 2. The predicted octanol–water partition coefficient (Wildman–Crippen LogP) is 1.81. The van der Waals surface area contributed by atoms with Gasteiger partial charge in [0, 0.05) is 13.1 Å². The lowest BCUT2D eigenvalue weighted by molar-refractivity contribution is 0.0602. The van der Waals surface area contributed by atoms with Crippen molar-refractivity contribution in [3.63, 3.8) is 0 Å². The molecule has 0 saturated heterocycles. The molecule has 0 unspecified atom stereocenters. The minimum Gasteiger partial charge on any atom is -0.465 e. The summed E-state index contributed by atoms with van der Waals surface area (Å²) in [4.78, 5) is 14.0. The number of ether oxygens (including phenoxy) is 1. The standard InChI is InChI=1S/C14H23N3O2/c1-4-17(5-2)10-9-16-13-11(14(18)19-3)7-6-8-12(13)15/h6-8,16H,4-5,9-10,15H2,1-3H3. The molecular formula is C14H23N3O2. The first-order valence-electron chi connectivity index (χ1n) is 6.57. The van der Waals surface area contributed by atoms with E-state index in [1.54, 1.807) is 18.2 Å². The third-order valence-corrected chi connectivity index (χ3v) is 3.13. The van der Waals surface area contributed by atoms with Crippen molar-refractivity contribution >= 4 is 17.3 Å². The Kier molecular flexibility index (Phi) is 6.15. The molecule has 0 fully saturated rings. The summed E-state index contributed by atoms with van der Waals surface area (Å²) in [5.41, 5.74) is 7.60. The van der Waals surface area contributed by atoms with Crippen molar-refractivity contribution in [2.45, 2.75) is 13.8 Å². The molecule has 1 rings (SSSR count). The fourth-order valence-electron chi connectivity index (χ4n) is 1.93. The number of esters is 1. The van der Waals surface area contributed by atoms with E-state index in [4.69, 9.17) is 10.5 Å². The predicted molar refractivity (Wildman–Crippen MR) is 78.5 cm³/mol. The first-order chi connectivity index (χ1) is 9.13. The maximum atomic E-state index is 11.7. The van der Waals surface area contributed by atoms with Crippen molar-refractivity contribution < 1.29 is 9.53 Å². The van der Waals surface area contributed by atoms with Gasteiger partial charge in [0.2, 0.25) is 0 Å². The van der Waals surface area contributed by atoms with E-state index in [9.17, 15) is 4.79 Å². The van der Waals surface area contributed by atoms with Crippen LogP contribution in [0.15, 0.2) is 18.2 Å². The number of benzene rings is 1. The van der Waals surface area contributed by atoms with E-state index < -0.39 is 0 Å². The smallest absolute Gasteiger partial charge is 0.340 e. The van der Waals surface area contributed by atoms with Gasteiger partial charge in [-0.1, -0.05) is 19.9 Å². The summed E-state index contributed by atoms with van der Waals surface area (Å²) in [6.07, 6.45) is 0. The van der Waals surface area contributed by atoms with Crippen LogP contribution in [0.2, 0.25) is 0 Å². The number of carbonyl (C=O) groups is 1. The van der Waals surface area contributed by atoms with Crippen LogP contribution >= 0.6 is 0 Å². The molecule has 106 valence electrons. The molecule has 1 aromatic carbocycles. The molecule has 19 heavy (non-hydrogen) atoms. The highest BCUT2D eigenvalue weighted by molar-refractivity contribution is 5.98. The van der Waals surface area contributed by atoms with Crippen LogP contribution in [-0.2, 0) is 4.74 Å². The van der Waals surface area contributed by atoms with Crippen molar-refractivity contribution in [1.29, 1.82) is 0 Å². The van der Waals surface area contributed by atoms with Crippen molar-refractivity contribution in [2.75, 3.05) is 44.3 Å². The fourth-order valence-corrected chi connectivity index (χ4v) is 1.93. The minimum atomic E-state index is -0.377. The van der Waals surface area contributed by atoms with Gasteiger partial charge in [-0.25, -0.2) is 4.79 Å². The van der Waals surface area contributed by atoms with Crippen LogP contribution in [0, 0.1) is 0 Å². The normalized spacial score (nSPS) is 10.5. The molecule has 0 saturated carbocycles. The molecule has 0 spiro atoms. The topological polar surface area (TPSA) is 67.6 Å². The number of carbonyl (C=O) groups excluding carboxylic acids is 1. The lowest BCUT2D eigenvalue weighted by atomic mass is 10.1. The van der Waals surface area contributed by atoms with Gasteiger partial charge < -0.3 is 20.7 Å². The average molecular weight is 265 g/mol. The van der Waals surface area contributed by atoms with Crippen molar-refractivity contribution in [1.82, 2.24) is 4.90 Å². The number of anilines is 2. The Morgan fingerprint density at radius 2 is 2.05 bits per heavy atom. The molecule has 0 atom stereocenters. The molecule has 0 heterocycles. The summed E-state index contributed by atoms with van der Waals surface area (Å²) in [6.45, 7) is 7.90. The first-order valence-corrected chi connectivity index (χ1v) is 6.57. The lowest BCUT2D eigenvalue weighted by Gasteiger charge is -2.19. The number of rotatable bonds is 7. The van der Waals surface area contributed by atoms with Gasteiger partial charge in [0.05, 0.1) is 24.0 Å². The molecule has 5 nitrogen and oxygen atoms in total. The van der Waals surface area contributed by atoms with E-state index in [-0.39, 0.29) is 5.97 Å². The molecule has 5 heteroatoms. The zero-order chi connectivity index (χ0) is 14.3. The van der Waals surface area contributed by atoms with E-state index in [0.717, 1.165) is 26.2 Å². The Hall–Kier alpha value is -1.75. The summed E-state index contributed by atoms with van der Waals surface area (Å²) >= 11 is 0. The molecule has 0 aliphatic carbocycles. The Morgan fingerprint density at radius 1 is 1.37 bits per heavy atom. The van der Waals surface area contributed by atoms with E-state index in [1.807, 2.05) is 0 Å². The van der Waals surface area contributed by atoms with Crippen LogP contribution in [0.25, 0.3) is 0 Å². The van der Waals surface area contributed by atoms with E-state index in [0.29, 0.717) is 16.9 Å². The van der Waals surface area contributed by atoms with Crippen molar-refractivity contribution in [2.24, 2.45) is 0 Å². The molecule has 0 amide bonds. The Bertz CT molecular complexity index is 417. The molecular weight excluding hydrogens is 242 g/mol. The minimum absolute atomic E-state index is 0.377. The van der Waals surface area contributed by atoms with E-state index >= 15 is 0 Å². The third kappa shape index (κ3) is 4.13. The zero-order valence-corrected chi connectivity index (χ0v) is 11.9. The highest BCUT2D eigenvalue weighted by Crippen LogP contribution is 2.23. The summed E-state index contributed by atoms with van der Waals surface area (Å²) in [5, 5.41) is 3.23. The fraction of sp³-hybridized carbons (Fsp3) is 0.500. The van der Waals surface area contributed by atoms with E-state index in [2.05, 4.69) is 24.1 Å². The molecule has 0 bridgehead atoms. The zero-order valence-electron chi connectivity index (χ0n) is 11.9. The van der Waals surface area contributed by atoms with Gasteiger partial charge in [0.25, 0.3) is 0 Å². The highest BCUT2D eigenvalue weighted by atomic mass is 16.5. The highest BCUT2D eigenvalue weighted by Gasteiger charge is 2.13. The monoisotopic (exact) mass is 265 g/mol. The largest absolute Gasteiger partial charge is 0.465 e. The summed E-state index contributed by atoms with van der Waals surface area (Å²) in [7, 11) is 1.37. The Balaban J connectivity index is 2.74. The van der Waals surface area contributed by atoms with Gasteiger partial charge in [0.15, 0.2) is 0 Å². The number of likely N-dealkylation sites (N-methyl/N-ethyl adjacent to an activating group) is 1. The first kappa shape index (κ1) is 15.3. The second-order valence-corrected chi connectivity index (χ2v) is 4.22. The molecule has 0 radical (unpaired) electrons. The number of nitrogens with one attached hydrogen (secondary N) is 1. The van der Waals surface area contributed by atoms with Gasteiger partial charge in [-0.3, -0.25) is 0 Å². The average Bonchev–Trinajstić information content (AvgIpc) is 2.44. The van der Waals surface area contributed by atoms with Crippen LogP contribution in [-0.4, -0.2) is 44.2 Å². The Labute approximate surface area is 114 Å². The van der Waals surface area contributed by atoms with Crippen molar-refractivity contribution in [3.05, 3.63) is 23.8 Å². The van der Waals surface area contributed by atoms with Crippen LogP contribution in [0.4, 0.5) is 11.4 Å². The summed E-state index contributed by atoms with van der Waals surface area (Å²) in [5.74, 6) is -0.377. The molecule has 1 aromatic rings. The van der Waals surface area contributed by atoms with Crippen LogP contribution in [0.3, 0.4) is 0 Å². The maximum absolute atomic E-state index is 11.7. The molecule has 0 aliphatic rings. The van der Waals surface area contributed by atoms with Crippen LogP contribution < -0.4 is 11.1 Å². The van der Waals surface area contributed by atoms with E-state index in [1.165, 1.54) is 7.11 Å². The second-order valence-electron chi connectivity index (χ2n) is 4.22. The number of para-hydroxylation sites is 1. The second kappa shape index (κ2) is 7.63. The number of nitrogen functional groups attached to an aromatic ring is 1. The number of nitrogens with zero attached hydrogens (tertiary/aromatic N) is 1. The van der Waals surface area contributed by atoms with Gasteiger partial charge in [-0.15, -0.1) is 0 Å². The summed E-state index contributed by atoms with van der Waals surface area (Å²) < 4.78 is 4.76. The number of methoxy groups -OCH3 is 1. The SMILES string of the molecule is CCN(CC)CCNc1c(N)cccc1C(=O)OC. The van der Waals surface area contributed by atoms with Gasteiger partial charge in [0.1, 0.15) is 0 Å². The van der Waals surface area contributed by atoms with Crippen LogP contribution in [0.1, 0.15) is 24.2 Å². The number of nitrogens with two attached hydrogens (primary N) is 1. The molecule has 3 N–H and O–H groups in total. The lowest BCUT2D eigenvalue weighted by Crippen LogP contribution is -2.29. The van der Waals surface area contributed by atoms with Gasteiger partial charge in [-0.05, 0) is 25.2 Å². The molecule has 0 aromatic heterocycles. The van der Waals surface area contributed by atoms with Crippen LogP contribution in [0.5, 0.6) is 0 Å². The number of hydrogen-bond acceptors (Lipinski definition) is 5. The summed E-state index contributed by atoms with van der Waals surface area (Å²) in [6, 6.07) is 5.23. The van der Waals surface area contributed by atoms with Gasteiger partial charge in [-0.2, -0.15) is 0 Å². The van der Waals surface area contributed by atoms with Crippen molar-refractivity contribution in [3.8, 4) is 0 Å². The maximum Gasteiger partial charge on any atom is 0.340 e. The third-order valence-electron chi connectivity index (χ3n) is 3.13. The Morgan fingerprint density at radius 3 is 2.63 bits per heavy atom. The quantitative estimate of drug-likeness (QED) is 0.581. The van der Waals surface area contributed by atoms with Gasteiger partial charge >= 0.3 is 5.97 Å².